The average molecular weight is 1490 g/mol. The zero-order chi connectivity index (χ0) is 74.9. The van der Waals surface area contributed by atoms with Crippen LogP contribution in [0.5, 0.6) is 0 Å². The van der Waals surface area contributed by atoms with Crippen LogP contribution in [0.4, 0.5) is 0 Å². The van der Waals surface area contributed by atoms with Crippen molar-refractivity contribution in [3.8, 4) is 0 Å². The van der Waals surface area contributed by atoms with E-state index in [0.29, 0.717) is 25.7 Å². The summed E-state index contributed by atoms with van der Waals surface area (Å²) in [4.78, 5) is 73.1. The second-order valence-electron chi connectivity index (χ2n) is 30.8. The summed E-state index contributed by atoms with van der Waals surface area (Å²) in [5, 5.41) is 10.7. The van der Waals surface area contributed by atoms with Gasteiger partial charge in [-0.2, -0.15) is 0 Å². The maximum absolute atomic E-state index is 13.1. The highest BCUT2D eigenvalue weighted by atomic mass is 31.2. The number of carbonyl (C=O) groups is 4. The number of aliphatic hydroxyl groups is 1. The Morgan fingerprint density at radius 1 is 0.265 bits per heavy atom. The number of hydrogen-bond acceptors (Lipinski definition) is 15. The molecule has 0 radical (unpaired) electrons. The maximum Gasteiger partial charge on any atom is 0.472 e. The SMILES string of the molecule is CCCCCCCCCCCCCCCCC(=O)O[C@H](COC(=O)CCCCCCCCCCCC)COP(=O)(O)OC[C@H](O)COP(=O)(O)OC[C@@H](COC(=O)CCCCCCCCCCCCCCCCCCC(C)C)OC(=O)CCCCCCCCCCCCCCCCCCC(C)C. The first-order valence-corrected chi connectivity index (χ1v) is 46.0. The number of carbonyl (C=O) groups excluding carboxylic acids is 4. The number of unbranched alkanes of at least 4 members (excludes halogenated alkanes) is 52. The third-order valence-corrected chi connectivity index (χ3v) is 21.4. The van der Waals surface area contributed by atoms with E-state index in [1.807, 2.05) is 0 Å². The molecule has 0 saturated carbocycles. The molecule has 0 saturated heterocycles. The van der Waals surface area contributed by atoms with Crippen LogP contribution in [-0.4, -0.2) is 96.7 Å². The number of hydrogen-bond donors (Lipinski definition) is 3. The van der Waals surface area contributed by atoms with E-state index in [9.17, 15) is 43.2 Å². The number of ether oxygens (including phenoxy) is 4. The van der Waals surface area contributed by atoms with Crippen LogP contribution in [-0.2, 0) is 65.4 Å². The van der Waals surface area contributed by atoms with Gasteiger partial charge in [-0.1, -0.05) is 388 Å². The Kier molecular flexibility index (Phi) is 73.1. The van der Waals surface area contributed by atoms with E-state index in [0.717, 1.165) is 102 Å². The smallest absolute Gasteiger partial charge is 0.462 e. The summed E-state index contributed by atoms with van der Waals surface area (Å²) in [6.45, 7) is 9.71. The highest BCUT2D eigenvalue weighted by Gasteiger charge is 2.30. The fraction of sp³-hybridized carbons (Fsp3) is 0.952. The van der Waals surface area contributed by atoms with Crippen molar-refractivity contribution in [1.82, 2.24) is 0 Å². The Labute approximate surface area is 626 Å². The first kappa shape index (κ1) is 100. The molecular weight excluding hydrogens is 1330 g/mol. The van der Waals surface area contributed by atoms with Gasteiger partial charge in [-0.25, -0.2) is 9.13 Å². The number of esters is 4. The lowest BCUT2D eigenvalue weighted by Crippen LogP contribution is -2.30. The van der Waals surface area contributed by atoms with Crippen LogP contribution in [0.15, 0.2) is 0 Å². The highest BCUT2D eigenvalue weighted by Crippen LogP contribution is 2.45. The average Bonchev–Trinajstić information content (AvgIpc) is 3.63. The van der Waals surface area contributed by atoms with Crippen molar-refractivity contribution in [2.24, 2.45) is 11.8 Å². The molecule has 0 spiro atoms. The van der Waals surface area contributed by atoms with Gasteiger partial charge in [0.2, 0.25) is 0 Å². The Bertz CT molecular complexity index is 1960. The molecule has 0 aliphatic carbocycles. The second-order valence-corrected chi connectivity index (χ2v) is 33.7. The van der Waals surface area contributed by atoms with Crippen LogP contribution in [0.3, 0.4) is 0 Å². The molecule has 5 atom stereocenters. The van der Waals surface area contributed by atoms with Gasteiger partial charge in [-0.05, 0) is 37.5 Å². The lowest BCUT2D eigenvalue weighted by atomic mass is 10.0. The highest BCUT2D eigenvalue weighted by molar-refractivity contribution is 7.47. The summed E-state index contributed by atoms with van der Waals surface area (Å²) in [5.41, 5.74) is 0. The van der Waals surface area contributed by atoms with Gasteiger partial charge in [0.1, 0.15) is 19.3 Å². The fourth-order valence-electron chi connectivity index (χ4n) is 12.9. The molecule has 0 heterocycles. The monoisotopic (exact) mass is 1490 g/mol. The zero-order valence-corrected chi connectivity index (χ0v) is 68.7. The predicted molar refractivity (Wildman–Crippen MR) is 418 cm³/mol. The van der Waals surface area contributed by atoms with Crippen molar-refractivity contribution in [2.45, 2.75) is 458 Å². The lowest BCUT2D eigenvalue weighted by Gasteiger charge is -2.21. The van der Waals surface area contributed by atoms with E-state index in [1.165, 1.54) is 257 Å². The molecule has 2 unspecified atom stereocenters. The third-order valence-electron chi connectivity index (χ3n) is 19.5. The Morgan fingerprint density at radius 3 is 0.667 bits per heavy atom. The summed E-state index contributed by atoms with van der Waals surface area (Å²) in [7, 11) is -9.92. The van der Waals surface area contributed by atoms with Gasteiger partial charge in [0.05, 0.1) is 26.4 Å². The van der Waals surface area contributed by atoms with Crippen molar-refractivity contribution >= 4 is 39.5 Å². The first-order valence-electron chi connectivity index (χ1n) is 43.0. The fourth-order valence-corrected chi connectivity index (χ4v) is 14.5. The maximum atomic E-state index is 13.1. The summed E-state index contributed by atoms with van der Waals surface area (Å²) in [5.74, 6) is -0.482. The predicted octanol–water partition coefficient (Wildman–Crippen LogP) is 25.1. The third kappa shape index (κ3) is 76.3. The van der Waals surface area contributed by atoms with Crippen molar-refractivity contribution in [3.63, 3.8) is 0 Å². The summed E-state index contributed by atoms with van der Waals surface area (Å²) < 4.78 is 68.8. The standard InChI is InChI=1S/C83H162O17P2/c1-7-9-11-13-15-17-19-20-31-37-43-49-55-61-67-82(87)99-78(71-93-80(85)65-59-53-47-41-18-16-14-12-10-8-2)73-97-101(89,90)95-69-77(84)70-96-102(91,92)98-74-79(100-83(88)68-62-56-50-44-38-33-28-24-22-26-30-35-40-46-52-58-64-76(5)6)72-94-81(86)66-60-54-48-42-36-32-27-23-21-25-29-34-39-45-51-57-63-75(3)4/h75-79,84H,7-74H2,1-6H3,(H,89,90)(H,91,92)/t77-,78+,79+/m0/s1. The van der Waals surface area contributed by atoms with E-state index in [1.54, 1.807) is 0 Å². The Hall–Kier alpha value is -1.94. The molecule has 0 aromatic carbocycles. The summed E-state index contributed by atoms with van der Waals surface area (Å²) >= 11 is 0. The normalized spacial score (nSPS) is 13.9. The van der Waals surface area contributed by atoms with Crippen LogP contribution in [0.1, 0.15) is 440 Å². The van der Waals surface area contributed by atoms with Gasteiger partial charge in [-0.15, -0.1) is 0 Å². The molecule has 0 aromatic heterocycles. The molecule has 102 heavy (non-hydrogen) atoms. The molecular formula is C83H162O17P2. The number of phosphoric acid groups is 2. The molecule has 0 fully saturated rings. The van der Waals surface area contributed by atoms with Gasteiger partial charge in [-0.3, -0.25) is 37.3 Å². The zero-order valence-electron chi connectivity index (χ0n) is 66.9. The number of aliphatic hydroxyl groups excluding tert-OH is 1. The van der Waals surface area contributed by atoms with Gasteiger partial charge in [0.15, 0.2) is 12.2 Å². The number of rotatable bonds is 82. The molecule has 3 N–H and O–H groups in total. The minimum absolute atomic E-state index is 0.108. The lowest BCUT2D eigenvalue weighted by molar-refractivity contribution is -0.161. The largest absolute Gasteiger partial charge is 0.472 e. The quantitative estimate of drug-likeness (QED) is 0.0222. The van der Waals surface area contributed by atoms with Crippen molar-refractivity contribution in [1.29, 1.82) is 0 Å². The van der Waals surface area contributed by atoms with Crippen molar-refractivity contribution in [3.05, 3.63) is 0 Å². The van der Waals surface area contributed by atoms with E-state index in [4.69, 9.17) is 37.0 Å². The van der Waals surface area contributed by atoms with Crippen LogP contribution >= 0.6 is 15.6 Å². The topological polar surface area (TPSA) is 237 Å². The molecule has 0 aromatic rings. The van der Waals surface area contributed by atoms with Crippen LogP contribution in [0, 0.1) is 11.8 Å². The molecule has 0 aliphatic rings. The van der Waals surface area contributed by atoms with Crippen LogP contribution in [0.25, 0.3) is 0 Å². The molecule has 606 valence electrons. The Morgan fingerprint density at radius 2 is 0.451 bits per heavy atom. The van der Waals surface area contributed by atoms with Crippen molar-refractivity contribution in [2.75, 3.05) is 39.6 Å². The summed E-state index contributed by atoms with van der Waals surface area (Å²) in [6.07, 6.45) is 65.1. The van der Waals surface area contributed by atoms with E-state index >= 15 is 0 Å². The molecule has 0 amide bonds. The second kappa shape index (κ2) is 74.5. The molecule has 0 aliphatic heterocycles. The van der Waals surface area contributed by atoms with Crippen molar-refractivity contribution < 1.29 is 80.2 Å². The molecule has 0 bridgehead atoms. The minimum atomic E-state index is -4.96. The Balaban J connectivity index is 5.23. The van der Waals surface area contributed by atoms with Gasteiger partial charge in [0.25, 0.3) is 0 Å². The van der Waals surface area contributed by atoms with Crippen LogP contribution < -0.4 is 0 Å². The van der Waals surface area contributed by atoms with E-state index < -0.39 is 97.5 Å². The molecule has 19 heteroatoms. The van der Waals surface area contributed by atoms with Gasteiger partial charge < -0.3 is 33.8 Å². The van der Waals surface area contributed by atoms with E-state index in [-0.39, 0.29) is 25.7 Å². The number of phosphoric ester groups is 2. The van der Waals surface area contributed by atoms with Gasteiger partial charge >= 0.3 is 39.5 Å². The minimum Gasteiger partial charge on any atom is -0.462 e. The van der Waals surface area contributed by atoms with E-state index in [2.05, 4.69) is 41.5 Å². The molecule has 17 nitrogen and oxygen atoms in total. The molecule has 0 rings (SSSR count). The van der Waals surface area contributed by atoms with Crippen LogP contribution in [0.2, 0.25) is 0 Å². The summed E-state index contributed by atoms with van der Waals surface area (Å²) in [6, 6.07) is 0. The van der Waals surface area contributed by atoms with Gasteiger partial charge in [0, 0.05) is 25.7 Å². The first-order chi connectivity index (χ1) is 49.4.